The van der Waals surface area contributed by atoms with Gasteiger partial charge in [0.15, 0.2) is 24.3 Å². The molecule has 1 amide bonds. The van der Waals surface area contributed by atoms with Crippen molar-refractivity contribution in [2.45, 2.75) is 76.8 Å². The first kappa shape index (κ1) is 39.2. The molecule has 4 rings (SSSR count). The number of carboxylic acid groups (broad SMARTS) is 1. The van der Waals surface area contributed by atoms with Crippen molar-refractivity contribution >= 4 is 31.6 Å². The summed E-state index contributed by atoms with van der Waals surface area (Å²) in [7, 11) is -7.91. The van der Waals surface area contributed by atoms with E-state index in [-0.39, 0.29) is 54.7 Å². The molecule has 12 nitrogen and oxygen atoms in total. The average Bonchev–Trinajstić information content (AvgIpc) is 3.48. The van der Waals surface area contributed by atoms with Crippen molar-refractivity contribution in [2.75, 3.05) is 18.1 Å². The molecule has 2 heterocycles. The molecule has 2 aromatic carbocycles. The number of carbonyl (C=O) groups is 2. The second kappa shape index (κ2) is 18.1. The van der Waals surface area contributed by atoms with Gasteiger partial charge in [0, 0.05) is 31.1 Å². The maximum atomic E-state index is 13.2. The van der Waals surface area contributed by atoms with Crippen LogP contribution in [0.3, 0.4) is 0 Å². The van der Waals surface area contributed by atoms with E-state index in [2.05, 4.69) is 15.3 Å². The monoisotopic (exact) mass is 739 g/mol. The van der Waals surface area contributed by atoms with Crippen molar-refractivity contribution in [1.29, 1.82) is 0 Å². The molecule has 2 aromatic heterocycles. The standard InChI is InChI=1S/C37H45N3O9S2/c1-4-6-22-50(44,45)37(51(46,47)23-7-5-2)29-13-11-28(12-14-29)36-40-32(26(3)49-36)19-21-48-31-17-15-27(16-18-34(41)42)30(24-31)25-39-35(43)33-10-8-9-20-38-33/h8-15,17,20,24,37H,4-7,16,18-19,21-23,25H2,1-3H3,(H,39,43)(H,41,42). The molecule has 0 unspecified atom stereocenters. The Labute approximate surface area is 299 Å². The molecule has 0 aliphatic heterocycles. The summed E-state index contributed by atoms with van der Waals surface area (Å²) < 4.78 is 63.3. The van der Waals surface area contributed by atoms with Crippen LogP contribution in [0.2, 0.25) is 0 Å². The lowest BCUT2D eigenvalue weighted by Crippen LogP contribution is -2.27. The summed E-state index contributed by atoms with van der Waals surface area (Å²) in [5.41, 5.74) is 3.19. The van der Waals surface area contributed by atoms with E-state index in [0.717, 1.165) is 11.1 Å². The van der Waals surface area contributed by atoms with Gasteiger partial charge in [0.05, 0.1) is 23.8 Å². The number of sulfone groups is 2. The van der Waals surface area contributed by atoms with E-state index in [1.807, 2.05) is 13.8 Å². The van der Waals surface area contributed by atoms with Gasteiger partial charge in [-0.3, -0.25) is 14.6 Å². The predicted molar refractivity (Wildman–Crippen MR) is 194 cm³/mol. The van der Waals surface area contributed by atoms with Gasteiger partial charge in [-0.1, -0.05) is 51.0 Å². The molecule has 0 radical (unpaired) electrons. The topological polar surface area (TPSA) is 183 Å². The number of aliphatic carboxylic acids is 1. The average molecular weight is 740 g/mol. The summed E-state index contributed by atoms with van der Waals surface area (Å²) in [6.45, 7) is 5.89. The molecule has 274 valence electrons. The number of hydrogen-bond donors (Lipinski definition) is 2. The Morgan fingerprint density at radius 2 is 1.59 bits per heavy atom. The van der Waals surface area contributed by atoms with Crippen molar-refractivity contribution in [3.8, 4) is 17.2 Å². The third kappa shape index (κ3) is 11.0. The largest absolute Gasteiger partial charge is 0.493 e. The number of carbonyl (C=O) groups excluding carboxylic acids is 1. The Balaban J connectivity index is 1.45. The zero-order chi connectivity index (χ0) is 37.0. The number of nitrogens with zero attached hydrogens (tertiary/aromatic N) is 2. The number of rotatable bonds is 20. The number of carboxylic acids is 1. The molecular formula is C37H45N3O9S2. The van der Waals surface area contributed by atoms with Gasteiger partial charge < -0.3 is 19.6 Å². The maximum Gasteiger partial charge on any atom is 0.303 e. The molecule has 4 aromatic rings. The summed E-state index contributed by atoms with van der Waals surface area (Å²) in [4.78, 5) is 32.5. The van der Waals surface area contributed by atoms with Gasteiger partial charge in [-0.05, 0) is 79.3 Å². The van der Waals surface area contributed by atoms with E-state index in [1.54, 1.807) is 55.5 Å². The number of unbranched alkanes of at least 4 members (excludes halogenated alkanes) is 2. The second-order valence-electron chi connectivity index (χ2n) is 12.2. The van der Waals surface area contributed by atoms with Crippen LogP contribution in [-0.4, -0.2) is 61.9 Å². The Hall–Kier alpha value is -4.56. The molecule has 0 saturated carbocycles. The predicted octanol–water partition coefficient (Wildman–Crippen LogP) is 6.04. The number of benzene rings is 2. The molecule has 0 saturated heterocycles. The summed E-state index contributed by atoms with van der Waals surface area (Å²) in [5.74, 6) is -0.276. The van der Waals surface area contributed by atoms with Crippen LogP contribution in [0.1, 0.15) is 89.2 Å². The Morgan fingerprint density at radius 3 is 2.20 bits per heavy atom. The highest BCUT2D eigenvalue weighted by molar-refractivity contribution is 8.08. The number of nitrogens with one attached hydrogen (secondary N) is 1. The molecule has 0 atom stereocenters. The first-order valence-corrected chi connectivity index (χ1v) is 20.4. The highest BCUT2D eigenvalue weighted by Crippen LogP contribution is 2.33. The maximum absolute atomic E-state index is 13.2. The first-order valence-electron chi connectivity index (χ1n) is 17.0. The third-order valence-corrected chi connectivity index (χ3v) is 13.6. The SMILES string of the molecule is CCCCS(=O)(=O)C(c1ccc(-c2nc(CCOc3ccc(CCC(=O)O)c(CNC(=O)c4ccccn4)c3)c(C)o2)cc1)S(=O)(=O)CCCC. The molecule has 0 aliphatic rings. The molecule has 0 spiro atoms. The smallest absolute Gasteiger partial charge is 0.303 e. The molecule has 51 heavy (non-hydrogen) atoms. The van der Waals surface area contributed by atoms with Crippen molar-refractivity contribution in [1.82, 2.24) is 15.3 Å². The van der Waals surface area contributed by atoms with E-state index in [4.69, 9.17) is 9.15 Å². The van der Waals surface area contributed by atoms with Crippen LogP contribution in [-0.2, 0) is 43.9 Å². The molecular weight excluding hydrogens is 695 g/mol. The molecule has 0 bridgehead atoms. The Morgan fingerprint density at radius 1 is 0.902 bits per heavy atom. The summed E-state index contributed by atoms with van der Waals surface area (Å²) in [6.07, 6.45) is 4.18. The van der Waals surface area contributed by atoms with E-state index >= 15 is 0 Å². The van der Waals surface area contributed by atoms with Crippen molar-refractivity contribution in [3.63, 3.8) is 0 Å². The Kier molecular flexibility index (Phi) is 13.9. The summed E-state index contributed by atoms with van der Waals surface area (Å²) >= 11 is 0. The highest BCUT2D eigenvalue weighted by Gasteiger charge is 2.38. The van der Waals surface area contributed by atoms with Gasteiger partial charge in [0.1, 0.15) is 17.2 Å². The van der Waals surface area contributed by atoms with Crippen LogP contribution in [0, 0.1) is 6.92 Å². The van der Waals surface area contributed by atoms with Crippen LogP contribution in [0.5, 0.6) is 5.75 Å². The van der Waals surface area contributed by atoms with Gasteiger partial charge in [0.25, 0.3) is 5.91 Å². The molecule has 0 fully saturated rings. The number of amides is 1. The second-order valence-corrected chi connectivity index (χ2v) is 16.9. The summed E-state index contributed by atoms with van der Waals surface area (Å²) in [6, 6.07) is 16.6. The fraction of sp³-hybridized carbons (Fsp3) is 0.405. The van der Waals surface area contributed by atoms with Crippen LogP contribution >= 0.6 is 0 Å². The van der Waals surface area contributed by atoms with Gasteiger partial charge in [-0.15, -0.1) is 0 Å². The molecule has 14 heteroatoms. The minimum atomic E-state index is -3.95. The minimum Gasteiger partial charge on any atom is -0.493 e. The zero-order valence-corrected chi connectivity index (χ0v) is 30.8. The van der Waals surface area contributed by atoms with Crippen LogP contribution < -0.4 is 10.1 Å². The van der Waals surface area contributed by atoms with Crippen molar-refractivity contribution in [2.24, 2.45) is 0 Å². The minimum absolute atomic E-state index is 0.0609. The lowest BCUT2D eigenvalue weighted by atomic mass is 10.0. The van der Waals surface area contributed by atoms with Gasteiger partial charge in [-0.25, -0.2) is 21.8 Å². The van der Waals surface area contributed by atoms with E-state index in [0.29, 0.717) is 60.8 Å². The number of hydrogen-bond acceptors (Lipinski definition) is 10. The normalized spacial score (nSPS) is 11.8. The Bertz CT molecular complexity index is 1960. The van der Waals surface area contributed by atoms with Crippen molar-refractivity contribution in [3.05, 3.63) is 101 Å². The first-order chi connectivity index (χ1) is 24.3. The molecule has 2 N–H and O–H groups in total. The van der Waals surface area contributed by atoms with Crippen molar-refractivity contribution < 1.29 is 40.7 Å². The fourth-order valence-electron chi connectivity index (χ4n) is 5.48. The number of pyridine rings is 1. The van der Waals surface area contributed by atoms with Gasteiger partial charge in [-0.2, -0.15) is 0 Å². The van der Waals surface area contributed by atoms with Gasteiger partial charge in [0.2, 0.25) is 5.89 Å². The molecule has 0 aliphatic carbocycles. The van der Waals surface area contributed by atoms with Crippen LogP contribution in [0.4, 0.5) is 0 Å². The van der Waals surface area contributed by atoms with E-state index in [9.17, 15) is 31.5 Å². The quantitative estimate of drug-likeness (QED) is 0.108. The highest BCUT2D eigenvalue weighted by atomic mass is 32.3. The zero-order valence-electron chi connectivity index (χ0n) is 29.1. The lowest BCUT2D eigenvalue weighted by Gasteiger charge is -2.19. The van der Waals surface area contributed by atoms with E-state index in [1.165, 1.54) is 18.3 Å². The number of aromatic nitrogens is 2. The number of ether oxygens (including phenoxy) is 1. The fourth-order valence-corrected chi connectivity index (χ4v) is 10.8. The van der Waals surface area contributed by atoms with Gasteiger partial charge >= 0.3 is 5.97 Å². The number of oxazole rings is 1. The van der Waals surface area contributed by atoms with Crippen LogP contribution in [0.25, 0.3) is 11.5 Å². The lowest BCUT2D eigenvalue weighted by molar-refractivity contribution is -0.136. The van der Waals surface area contributed by atoms with E-state index < -0.39 is 30.2 Å². The van der Waals surface area contributed by atoms with Crippen LogP contribution in [0.15, 0.2) is 71.3 Å². The third-order valence-electron chi connectivity index (χ3n) is 8.27. The summed E-state index contributed by atoms with van der Waals surface area (Å²) in [5, 5.41) is 12.0. The number of aryl methyl sites for hydroxylation is 2.